The van der Waals surface area contributed by atoms with Crippen LogP contribution >= 0.6 is 12.2 Å². The van der Waals surface area contributed by atoms with Gasteiger partial charge in [-0.15, -0.1) is 0 Å². The molecule has 0 spiro atoms. The van der Waals surface area contributed by atoms with Gasteiger partial charge in [-0.2, -0.15) is 0 Å². The van der Waals surface area contributed by atoms with E-state index < -0.39 is 0 Å². The molecule has 2 radical (unpaired) electrons. The highest BCUT2D eigenvalue weighted by molar-refractivity contribution is 7.79. The molecular formula is C13H14BNOS. The minimum atomic E-state index is 0.574. The first-order valence-electron chi connectivity index (χ1n) is 5.35. The molecule has 0 bridgehead atoms. The molecule has 0 saturated heterocycles. The van der Waals surface area contributed by atoms with Crippen LogP contribution in [0, 0.1) is 5.92 Å². The number of thiocarbonyl (C=S) groups is 1. The first-order chi connectivity index (χ1) is 8.08. The van der Waals surface area contributed by atoms with Crippen molar-refractivity contribution in [3.05, 3.63) is 30.5 Å². The zero-order valence-corrected chi connectivity index (χ0v) is 10.8. The van der Waals surface area contributed by atoms with Crippen LogP contribution in [0.2, 0.25) is 0 Å². The highest BCUT2D eigenvalue weighted by Crippen LogP contribution is 2.11. The van der Waals surface area contributed by atoms with Gasteiger partial charge in [-0.25, -0.2) is 0 Å². The molecule has 2 nitrogen and oxygen atoms in total. The highest BCUT2D eigenvalue weighted by Gasteiger charge is 1.97. The second-order valence-electron chi connectivity index (χ2n) is 4.03. The summed E-state index contributed by atoms with van der Waals surface area (Å²) in [5.41, 5.74) is 1.60. The standard InChI is InChI=1S/C9H6BNO.C4H8S/c10-8-1-2-9-7(5-8)3-4-11(9)6-12;1-4(2)3-5/h1-6H;3-4H,1-2H3. The van der Waals surface area contributed by atoms with Gasteiger partial charge in [0.15, 0.2) is 0 Å². The molecule has 4 heteroatoms. The normalized spacial score (nSPS) is 9.82. The van der Waals surface area contributed by atoms with Gasteiger partial charge in [0.25, 0.3) is 0 Å². The molecule has 0 fully saturated rings. The van der Waals surface area contributed by atoms with E-state index in [-0.39, 0.29) is 0 Å². The number of aromatic nitrogens is 1. The Morgan fingerprint density at radius 2 is 2.00 bits per heavy atom. The largest absolute Gasteiger partial charge is 0.290 e. The Morgan fingerprint density at radius 1 is 1.35 bits per heavy atom. The lowest BCUT2D eigenvalue weighted by molar-refractivity contribution is 0.549. The number of carbonyl (C=O) groups excluding carboxylic acids is 1. The number of nitrogens with zero attached hydrogens (tertiary/aromatic N) is 1. The summed E-state index contributed by atoms with van der Waals surface area (Å²) in [7, 11) is 5.58. The quantitative estimate of drug-likeness (QED) is 0.458. The molecule has 0 unspecified atom stereocenters. The van der Waals surface area contributed by atoms with Crippen molar-refractivity contribution in [1.29, 1.82) is 0 Å². The number of hydrogen-bond acceptors (Lipinski definition) is 2. The van der Waals surface area contributed by atoms with E-state index in [0.717, 1.165) is 17.3 Å². The van der Waals surface area contributed by atoms with Gasteiger partial charge in [0.2, 0.25) is 6.41 Å². The first-order valence-corrected chi connectivity index (χ1v) is 5.82. The van der Waals surface area contributed by atoms with E-state index in [1.165, 1.54) is 4.57 Å². The van der Waals surface area contributed by atoms with E-state index >= 15 is 0 Å². The topological polar surface area (TPSA) is 22.0 Å². The van der Waals surface area contributed by atoms with Gasteiger partial charge >= 0.3 is 0 Å². The lowest BCUT2D eigenvalue weighted by Crippen LogP contribution is -2.00. The molecule has 0 amide bonds. The number of carbonyl (C=O) groups is 1. The fourth-order valence-corrected chi connectivity index (χ4v) is 1.27. The van der Waals surface area contributed by atoms with Crippen molar-refractivity contribution in [2.45, 2.75) is 13.8 Å². The van der Waals surface area contributed by atoms with E-state index in [0.29, 0.717) is 11.4 Å². The Morgan fingerprint density at radius 3 is 2.53 bits per heavy atom. The third-order valence-electron chi connectivity index (χ3n) is 2.13. The van der Waals surface area contributed by atoms with Crippen LogP contribution in [0.15, 0.2) is 30.5 Å². The lowest BCUT2D eigenvalue weighted by atomic mass is 9.95. The highest BCUT2D eigenvalue weighted by atomic mass is 32.1. The van der Waals surface area contributed by atoms with Gasteiger partial charge in [0, 0.05) is 6.20 Å². The number of fused-ring (bicyclic) bond motifs is 1. The second kappa shape index (κ2) is 6.35. The average molecular weight is 243 g/mol. The SMILES string of the molecule is CC(C)C=S.[B]c1ccc2c(ccn2C=O)c1. The smallest absolute Gasteiger partial charge is 0.218 e. The van der Waals surface area contributed by atoms with Crippen LogP contribution in [0.1, 0.15) is 13.8 Å². The zero-order chi connectivity index (χ0) is 12.8. The van der Waals surface area contributed by atoms with E-state index in [1.54, 1.807) is 17.6 Å². The van der Waals surface area contributed by atoms with E-state index in [2.05, 4.69) is 26.1 Å². The summed E-state index contributed by atoms with van der Waals surface area (Å²) < 4.78 is 1.52. The van der Waals surface area contributed by atoms with Gasteiger partial charge < -0.3 is 0 Å². The molecular weight excluding hydrogens is 229 g/mol. The van der Waals surface area contributed by atoms with Crippen molar-refractivity contribution in [3.8, 4) is 0 Å². The van der Waals surface area contributed by atoms with Crippen LogP contribution in [-0.4, -0.2) is 24.2 Å². The van der Waals surface area contributed by atoms with Crippen LogP contribution in [-0.2, 0) is 4.79 Å². The molecule has 1 aromatic heterocycles. The van der Waals surface area contributed by atoms with Crippen LogP contribution in [0.3, 0.4) is 0 Å². The number of rotatable bonds is 2. The van der Waals surface area contributed by atoms with Crippen molar-refractivity contribution in [2.24, 2.45) is 5.92 Å². The molecule has 0 atom stereocenters. The number of hydrogen-bond donors (Lipinski definition) is 0. The Hall–Kier alpha value is -1.42. The van der Waals surface area contributed by atoms with E-state index in [9.17, 15) is 4.79 Å². The molecule has 0 saturated carbocycles. The minimum Gasteiger partial charge on any atom is -0.290 e. The van der Waals surface area contributed by atoms with Crippen molar-refractivity contribution in [3.63, 3.8) is 0 Å². The molecule has 0 aliphatic carbocycles. The van der Waals surface area contributed by atoms with Gasteiger partial charge in [-0.1, -0.05) is 43.7 Å². The van der Waals surface area contributed by atoms with E-state index in [1.807, 2.05) is 18.2 Å². The molecule has 2 aromatic rings. The van der Waals surface area contributed by atoms with E-state index in [4.69, 9.17) is 7.85 Å². The predicted octanol–water partition coefficient (Wildman–Crippen LogP) is 2.12. The van der Waals surface area contributed by atoms with Crippen LogP contribution < -0.4 is 5.46 Å². The molecule has 0 N–H and O–H groups in total. The summed E-state index contributed by atoms with van der Waals surface area (Å²) in [6, 6.07) is 7.32. The maximum atomic E-state index is 10.5. The minimum absolute atomic E-state index is 0.574. The fourth-order valence-electron chi connectivity index (χ4n) is 1.27. The van der Waals surface area contributed by atoms with Crippen LogP contribution in [0.4, 0.5) is 0 Å². The molecule has 1 heterocycles. The molecule has 0 aliphatic rings. The predicted molar refractivity (Wildman–Crippen MR) is 78.0 cm³/mol. The summed E-state index contributed by atoms with van der Waals surface area (Å²) in [4.78, 5) is 10.5. The zero-order valence-electron chi connectivity index (χ0n) is 9.96. The summed E-state index contributed by atoms with van der Waals surface area (Å²) in [6.07, 6.45) is 2.50. The van der Waals surface area contributed by atoms with Gasteiger partial charge in [0.05, 0.1) is 5.52 Å². The molecule has 86 valence electrons. The Balaban J connectivity index is 0.000000249. The molecule has 17 heavy (non-hydrogen) atoms. The Kier molecular flexibility index (Phi) is 5.10. The van der Waals surface area contributed by atoms with Gasteiger partial charge in [-0.3, -0.25) is 9.36 Å². The van der Waals surface area contributed by atoms with Crippen molar-refractivity contribution in [1.82, 2.24) is 4.57 Å². The summed E-state index contributed by atoms with van der Waals surface area (Å²) >= 11 is 4.55. The van der Waals surface area contributed by atoms with Crippen LogP contribution in [0.5, 0.6) is 0 Å². The van der Waals surface area contributed by atoms with Crippen molar-refractivity contribution < 1.29 is 4.79 Å². The average Bonchev–Trinajstić information content (AvgIpc) is 2.71. The van der Waals surface area contributed by atoms with Gasteiger partial charge in [0.1, 0.15) is 7.85 Å². The third kappa shape index (κ3) is 3.82. The summed E-state index contributed by atoms with van der Waals surface area (Å²) in [5.74, 6) is 0.574. The third-order valence-corrected chi connectivity index (χ3v) is 2.67. The molecule has 2 rings (SSSR count). The summed E-state index contributed by atoms with van der Waals surface area (Å²) in [5, 5.41) is 2.74. The van der Waals surface area contributed by atoms with Gasteiger partial charge in [-0.05, 0) is 28.8 Å². The van der Waals surface area contributed by atoms with Crippen molar-refractivity contribution in [2.75, 3.05) is 0 Å². The van der Waals surface area contributed by atoms with Crippen molar-refractivity contribution >= 4 is 48.2 Å². The lowest BCUT2D eigenvalue weighted by Gasteiger charge is -1.95. The van der Waals surface area contributed by atoms with Crippen LogP contribution in [0.25, 0.3) is 10.9 Å². The monoisotopic (exact) mass is 243 g/mol. The summed E-state index contributed by atoms with van der Waals surface area (Å²) in [6.45, 7) is 4.12. The first kappa shape index (κ1) is 13.6. The maximum absolute atomic E-state index is 10.5. The maximum Gasteiger partial charge on any atom is 0.218 e. The Labute approximate surface area is 108 Å². The Bertz CT molecular complexity index is 519. The molecule has 0 aliphatic heterocycles. The second-order valence-corrected chi connectivity index (χ2v) is 4.30. The fraction of sp³-hybridized carbons (Fsp3) is 0.231. The number of benzene rings is 1. The molecule has 1 aromatic carbocycles.